The van der Waals surface area contributed by atoms with Gasteiger partial charge in [-0.1, -0.05) is 28.9 Å². The molecule has 1 unspecified atom stereocenters. The third-order valence-electron chi connectivity index (χ3n) is 2.32. The van der Waals surface area contributed by atoms with Gasteiger partial charge in [-0.3, -0.25) is 4.79 Å². The van der Waals surface area contributed by atoms with Gasteiger partial charge in [0.2, 0.25) is 0 Å². The number of halogens is 2. The topological polar surface area (TPSA) is 29.1 Å². The number of carbonyl (C=O) groups excluding carboxylic acids is 1. The number of nitrogens with one attached hydrogen (secondary N) is 1. The van der Waals surface area contributed by atoms with Gasteiger partial charge in [-0.15, -0.1) is 0 Å². The molecule has 0 bridgehead atoms. The standard InChI is InChI=1S/C12H15BrFNO/c1-8(6-13)7-15-12(16)11-5-10(14)4-3-9(11)2/h3-5,8H,6-7H2,1-2H3,(H,15,16). The zero-order valence-corrected chi connectivity index (χ0v) is 11.0. The average molecular weight is 288 g/mol. The Morgan fingerprint density at radius 1 is 1.56 bits per heavy atom. The first kappa shape index (κ1) is 13.2. The number of alkyl halides is 1. The maximum atomic E-state index is 13.0. The van der Waals surface area contributed by atoms with Gasteiger partial charge >= 0.3 is 0 Å². The lowest BCUT2D eigenvalue weighted by molar-refractivity contribution is 0.0948. The lowest BCUT2D eigenvalue weighted by Crippen LogP contribution is -2.29. The van der Waals surface area contributed by atoms with Crippen LogP contribution in [0.4, 0.5) is 4.39 Å². The Balaban J connectivity index is 2.69. The van der Waals surface area contributed by atoms with Gasteiger partial charge in [0.1, 0.15) is 5.82 Å². The Hall–Kier alpha value is -0.900. The first-order valence-electron chi connectivity index (χ1n) is 5.15. The molecule has 0 aliphatic heterocycles. The largest absolute Gasteiger partial charge is 0.352 e. The molecule has 1 atom stereocenters. The van der Waals surface area contributed by atoms with Gasteiger partial charge in [0.15, 0.2) is 0 Å². The fourth-order valence-corrected chi connectivity index (χ4v) is 1.48. The number of aryl methyl sites for hydroxylation is 1. The van der Waals surface area contributed by atoms with E-state index in [4.69, 9.17) is 0 Å². The van der Waals surface area contributed by atoms with E-state index in [9.17, 15) is 9.18 Å². The summed E-state index contributed by atoms with van der Waals surface area (Å²) in [4.78, 5) is 11.7. The molecule has 1 aromatic carbocycles. The van der Waals surface area contributed by atoms with Crippen molar-refractivity contribution in [1.82, 2.24) is 5.32 Å². The van der Waals surface area contributed by atoms with Gasteiger partial charge in [0, 0.05) is 17.4 Å². The SMILES string of the molecule is Cc1ccc(F)cc1C(=O)NCC(C)CBr. The molecule has 0 aliphatic rings. The molecule has 0 saturated heterocycles. The predicted molar refractivity (Wildman–Crippen MR) is 66.4 cm³/mol. The van der Waals surface area contributed by atoms with Gasteiger partial charge in [-0.05, 0) is 30.5 Å². The molecule has 16 heavy (non-hydrogen) atoms. The van der Waals surface area contributed by atoms with Gasteiger partial charge in [0.05, 0.1) is 0 Å². The summed E-state index contributed by atoms with van der Waals surface area (Å²) in [6.45, 7) is 4.40. The van der Waals surface area contributed by atoms with Crippen LogP contribution in [0.25, 0.3) is 0 Å². The summed E-state index contributed by atoms with van der Waals surface area (Å²) < 4.78 is 13.0. The van der Waals surface area contributed by atoms with Crippen LogP contribution < -0.4 is 5.32 Å². The highest BCUT2D eigenvalue weighted by Crippen LogP contribution is 2.10. The minimum atomic E-state index is -0.385. The van der Waals surface area contributed by atoms with Crippen LogP contribution in [0.3, 0.4) is 0 Å². The molecule has 0 fully saturated rings. The second kappa shape index (κ2) is 5.99. The van der Waals surface area contributed by atoms with Crippen molar-refractivity contribution in [2.45, 2.75) is 13.8 Å². The van der Waals surface area contributed by atoms with Crippen molar-refractivity contribution in [2.75, 3.05) is 11.9 Å². The van der Waals surface area contributed by atoms with Crippen molar-refractivity contribution in [1.29, 1.82) is 0 Å². The normalized spacial score (nSPS) is 12.2. The second-order valence-corrected chi connectivity index (χ2v) is 4.58. The van der Waals surface area contributed by atoms with Gasteiger partial charge in [-0.2, -0.15) is 0 Å². The predicted octanol–water partition coefficient (Wildman–Crippen LogP) is 2.89. The smallest absolute Gasteiger partial charge is 0.251 e. The summed E-state index contributed by atoms with van der Waals surface area (Å²) >= 11 is 3.34. The van der Waals surface area contributed by atoms with Crippen molar-refractivity contribution < 1.29 is 9.18 Å². The first-order chi connectivity index (χ1) is 7.54. The molecule has 0 saturated carbocycles. The van der Waals surface area contributed by atoms with Crippen LogP contribution in [0.15, 0.2) is 18.2 Å². The first-order valence-corrected chi connectivity index (χ1v) is 6.27. The highest BCUT2D eigenvalue weighted by molar-refractivity contribution is 9.09. The fourth-order valence-electron chi connectivity index (χ4n) is 1.26. The maximum absolute atomic E-state index is 13.0. The molecule has 88 valence electrons. The Morgan fingerprint density at radius 2 is 2.25 bits per heavy atom. The minimum absolute atomic E-state index is 0.218. The molecule has 1 rings (SSSR count). The summed E-state index contributed by atoms with van der Waals surface area (Å²) in [6, 6.07) is 4.23. The lowest BCUT2D eigenvalue weighted by atomic mass is 10.1. The van der Waals surface area contributed by atoms with Gasteiger partial charge in [0.25, 0.3) is 5.91 Å². The molecule has 2 nitrogen and oxygen atoms in total. The summed E-state index contributed by atoms with van der Waals surface area (Å²) in [5, 5.41) is 3.61. The van der Waals surface area contributed by atoms with Crippen LogP contribution in [-0.4, -0.2) is 17.8 Å². The monoisotopic (exact) mass is 287 g/mol. The van der Waals surface area contributed by atoms with Crippen LogP contribution in [-0.2, 0) is 0 Å². The highest BCUT2D eigenvalue weighted by atomic mass is 79.9. The van der Waals surface area contributed by atoms with Crippen molar-refractivity contribution >= 4 is 21.8 Å². The number of hydrogen-bond donors (Lipinski definition) is 1. The van der Waals surface area contributed by atoms with E-state index < -0.39 is 0 Å². The second-order valence-electron chi connectivity index (χ2n) is 3.93. The molecule has 0 aliphatic carbocycles. The number of rotatable bonds is 4. The third kappa shape index (κ3) is 3.59. The number of carbonyl (C=O) groups is 1. The Labute approximate surface area is 103 Å². The molecule has 0 aromatic heterocycles. The lowest BCUT2D eigenvalue weighted by Gasteiger charge is -2.10. The van der Waals surface area contributed by atoms with E-state index in [-0.39, 0.29) is 11.7 Å². The van der Waals surface area contributed by atoms with Crippen LogP contribution in [0.5, 0.6) is 0 Å². The highest BCUT2D eigenvalue weighted by Gasteiger charge is 2.10. The molecule has 0 radical (unpaired) electrons. The molecular weight excluding hydrogens is 273 g/mol. The number of benzene rings is 1. The summed E-state index contributed by atoms with van der Waals surface area (Å²) in [5.41, 5.74) is 1.19. The molecule has 4 heteroatoms. The minimum Gasteiger partial charge on any atom is -0.352 e. The molecular formula is C12H15BrFNO. The quantitative estimate of drug-likeness (QED) is 0.848. The van der Waals surface area contributed by atoms with E-state index in [0.717, 1.165) is 10.9 Å². The van der Waals surface area contributed by atoms with Crippen molar-refractivity contribution in [2.24, 2.45) is 5.92 Å². The van der Waals surface area contributed by atoms with Crippen molar-refractivity contribution in [3.63, 3.8) is 0 Å². The van der Waals surface area contributed by atoms with Gasteiger partial charge < -0.3 is 5.32 Å². The number of amides is 1. The third-order valence-corrected chi connectivity index (χ3v) is 3.42. The van der Waals surface area contributed by atoms with Crippen LogP contribution >= 0.6 is 15.9 Å². The zero-order chi connectivity index (χ0) is 12.1. The summed E-state index contributed by atoms with van der Waals surface area (Å²) in [7, 11) is 0. The van der Waals surface area contributed by atoms with Crippen LogP contribution in [0, 0.1) is 18.7 Å². The molecule has 1 amide bonds. The van der Waals surface area contributed by atoms with E-state index in [1.165, 1.54) is 12.1 Å². The molecule has 1 N–H and O–H groups in total. The van der Waals surface area contributed by atoms with E-state index >= 15 is 0 Å². The van der Waals surface area contributed by atoms with E-state index in [1.807, 2.05) is 6.92 Å². The average Bonchev–Trinajstić information content (AvgIpc) is 2.28. The summed E-state index contributed by atoms with van der Waals surface area (Å²) in [5.74, 6) is -0.244. The van der Waals surface area contributed by atoms with Crippen molar-refractivity contribution in [3.8, 4) is 0 Å². The fraction of sp³-hybridized carbons (Fsp3) is 0.417. The zero-order valence-electron chi connectivity index (χ0n) is 9.39. The van der Waals surface area contributed by atoms with E-state index in [1.54, 1.807) is 13.0 Å². The molecule has 0 spiro atoms. The molecule has 1 aromatic rings. The number of hydrogen-bond acceptors (Lipinski definition) is 1. The van der Waals surface area contributed by atoms with Gasteiger partial charge in [-0.25, -0.2) is 4.39 Å². The Bertz CT molecular complexity index is 381. The van der Waals surface area contributed by atoms with Crippen molar-refractivity contribution in [3.05, 3.63) is 35.1 Å². The van der Waals surface area contributed by atoms with E-state index in [2.05, 4.69) is 21.2 Å². The van der Waals surface area contributed by atoms with Crippen LogP contribution in [0.2, 0.25) is 0 Å². The van der Waals surface area contributed by atoms with Crippen LogP contribution in [0.1, 0.15) is 22.8 Å². The maximum Gasteiger partial charge on any atom is 0.251 e. The summed E-state index contributed by atoms with van der Waals surface area (Å²) in [6.07, 6.45) is 0. The Kier molecular flexibility index (Phi) is 4.93. The van der Waals surface area contributed by atoms with E-state index in [0.29, 0.717) is 18.0 Å². The molecule has 0 heterocycles. The Morgan fingerprint density at radius 3 is 2.88 bits per heavy atom.